The molecule has 1 fully saturated rings. The van der Waals surface area contributed by atoms with Gasteiger partial charge in [0.2, 0.25) is 15.9 Å². The number of nitrogens with zero attached hydrogens (tertiary/aromatic N) is 1. The molecule has 2 aromatic rings. The molecule has 0 radical (unpaired) electrons. The van der Waals surface area contributed by atoms with Gasteiger partial charge < -0.3 is 4.90 Å². The molecule has 0 aromatic heterocycles. The Morgan fingerprint density at radius 2 is 1.71 bits per heavy atom. The van der Waals surface area contributed by atoms with Gasteiger partial charge in [0, 0.05) is 25.2 Å². The highest BCUT2D eigenvalue weighted by atomic mass is 32.2. The average Bonchev–Trinajstić information content (AvgIpc) is 3.01. The molecule has 10 heteroatoms. The van der Waals surface area contributed by atoms with Crippen molar-refractivity contribution in [3.8, 4) is 0 Å². The Bertz CT molecular complexity index is 975. The summed E-state index contributed by atoms with van der Waals surface area (Å²) in [7, 11) is -4.42. The Kier molecular flexibility index (Phi) is 5.44. The molecule has 1 saturated heterocycles. The normalized spacial score (nSPS) is 17.9. The third-order valence-corrected chi connectivity index (χ3v) is 5.87. The van der Waals surface area contributed by atoms with Gasteiger partial charge in [-0.1, -0.05) is 12.1 Å². The molecule has 3 rings (SSSR count). The number of anilines is 1. The van der Waals surface area contributed by atoms with Crippen molar-refractivity contribution in [1.29, 1.82) is 0 Å². The number of amides is 1. The lowest BCUT2D eigenvalue weighted by atomic mass is 10.1. The number of sulfonamides is 1. The van der Waals surface area contributed by atoms with E-state index in [1.807, 2.05) is 0 Å². The second kappa shape index (κ2) is 7.51. The topological polar surface area (TPSA) is 66.5 Å². The van der Waals surface area contributed by atoms with Crippen molar-refractivity contribution in [3.63, 3.8) is 0 Å². The molecule has 1 atom stereocenters. The Labute approximate surface area is 159 Å². The van der Waals surface area contributed by atoms with Crippen LogP contribution in [0, 0.1) is 11.7 Å². The van der Waals surface area contributed by atoms with Gasteiger partial charge in [0.1, 0.15) is 5.82 Å². The van der Waals surface area contributed by atoms with E-state index >= 15 is 0 Å². The van der Waals surface area contributed by atoms with Gasteiger partial charge in [0.25, 0.3) is 0 Å². The van der Waals surface area contributed by atoms with E-state index in [4.69, 9.17) is 0 Å². The van der Waals surface area contributed by atoms with Crippen LogP contribution in [0.4, 0.5) is 23.2 Å². The van der Waals surface area contributed by atoms with Gasteiger partial charge in [-0.3, -0.25) is 4.79 Å². The van der Waals surface area contributed by atoms with Gasteiger partial charge in [0.05, 0.1) is 10.5 Å². The molecule has 1 aliphatic heterocycles. The SMILES string of the molecule is O=C1C[C@@H](CNS(=O)(=O)c2ccccc2C(F)(F)F)CN1c1ccc(F)cc1. The van der Waals surface area contributed by atoms with E-state index in [-0.39, 0.29) is 25.4 Å². The predicted octanol–water partition coefficient (Wildman–Crippen LogP) is 3.18. The van der Waals surface area contributed by atoms with Crippen LogP contribution in [0.5, 0.6) is 0 Å². The Balaban J connectivity index is 1.71. The summed E-state index contributed by atoms with van der Waals surface area (Å²) < 4.78 is 79.1. The number of hydrogen-bond acceptors (Lipinski definition) is 3. The van der Waals surface area contributed by atoms with E-state index in [0.717, 1.165) is 12.1 Å². The van der Waals surface area contributed by atoms with E-state index in [0.29, 0.717) is 11.8 Å². The second-order valence-electron chi connectivity index (χ2n) is 6.40. The van der Waals surface area contributed by atoms with Crippen LogP contribution in [0.2, 0.25) is 0 Å². The molecular weight excluding hydrogens is 400 g/mol. The van der Waals surface area contributed by atoms with Crippen LogP contribution < -0.4 is 9.62 Å². The molecule has 0 unspecified atom stereocenters. The summed E-state index contributed by atoms with van der Waals surface area (Å²) in [5.74, 6) is -1.15. The summed E-state index contributed by atoms with van der Waals surface area (Å²) in [5.41, 5.74) is -0.780. The monoisotopic (exact) mass is 416 g/mol. The molecule has 0 saturated carbocycles. The number of carbonyl (C=O) groups excluding carboxylic acids is 1. The first-order valence-electron chi connectivity index (χ1n) is 8.30. The first-order valence-corrected chi connectivity index (χ1v) is 9.78. The van der Waals surface area contributed by atoms with Gasteiger partial charge in [-0.2, -0.15) is 13.2 Å². The van der Waals surface area contributed by atoms with Crippen molar-refractivity contribution in [2.75, 3.05) is 18.0 Å². The van der Waals surface area contributed by atoms with E-state index in [2.05, 4.69) is 4.72 Å². The zero-order valence-electron chi connectivity index (χ0n) is 14.4. The van der Waals surface area contributed by atoms with Crippen molar-refractivity contribution in [3.05, 3.63) is 59.9 Å². The number of nitrogens with one attached hydrogen (secondary N) is 1. The zero-order valence-corrected chi connectivity index (χ0v) is 15.2. The lowest BCUT2D eigenvalue weighted by molar-refractivity contribution is -0.139. The number of hydrogen-bond donors (Lipinski definition) is 1. The highest BCUT2D eigenvalue weighted by molar-refractivity contribution is 7.89. The maximum absolute atomic E-state index is 13.1. The largest absolute Gasteiger partial charge is 0.417 e. The Morgan fingerprint density at radius 3 is 2.36 bits per heavy atom. The first-order chi connectivity index (χ1) is 13.1. The summed E-state index contributed by atoms with van der Waals surface area (Å²) in [6, 6.07) is 9.16. The average molecular weight is 416 g/mol. The third kappa shape index (κ3) is 4.33. The fourth-order valence-corrected chi connectivity index (χ4v) is 4.37. The maximum Gasteiger partial charge on any atom is 0.417 e. The van der Waals surface area contributed by atoms with Gasteiger partial charge in [0.15, 0.2) is 0 Å². The van der Waals surface area contributed by atoms with Crippen LogP contribution in [0.3, 0.4) is 0 Å². The van der Waals surface area contributed by atoms with E-state index in [1.54, 1.807) is 0 Å². The van der Waals surface area contributed by atoms with E-state index < -0.39 is 38.4 Å². The molecular formula is C18H16F4N2O3S. The van der Waals surface area contributed by atoms with Crippen LogP contribution in [-0.2, 0) is 21.0 Å². The van der Waals surface area contributed by atoms with Crippen molar-refractivity contribution in [2.45, 2.75) is 17.5 Å². The molecule has 1 N–H and O–H groups in total. The van der Waals surface area contributed by atoms with Crippen LogP contribution in [0.1, 0.15) is 12.0 Å². The molecule has 0 spiro atoms. The maximum atomic E-state index is 13.1. The summed E-state index contributed by atoms with van der Waals surface area (Å²) >= 11 is 0. The molecule has 0 bridgehead atoms. The van der Waals surface area contributed by atoms with Crippen LogP contribution in [0.15, 0.2) is 53.4 Å². The van der Waals surface area contributed by atoms with Crippen molar-refractivity contribution in [1.82, 2.24) is 4.72 Å². The molecule has 150 valence electrons. The molecule has 1 aliphatic rings. The molecule has 5 nitrogen and oxygen atoms in total. The van der Waals surface area contributed by atoms with Gasteiger partial charge in [-0.25, -0.2) is 17.5 Å². The number of alkyl halides is 3. The second-order valence-corrected chi connectivity index (χ2v) is 8.13. The number of rotatable bonds is 5. The Morgan fingerprint density at radius 1 is 1.07 bits per heavy atom. The number of halogens is 4. The minimum Gasteiger partial charge on any atom is -0.312 e. The fraction of sp³-hybridized carbons (Fsp3) is 0.278. The van der Waals surface area contributed by atoms with Crippen molar-refractivity contribution >= 4 is 21.6 Å². The molecule has 0 aliphatic carbocycles. The number of carbonyl (C=O) groups is 1. The number of benzene rings is 2. The fourth-order valence-electron chi connectivity index (χ4n) is 3.03. The van der Waals surface area contributed by atoms with Crippen LogP contribution in [-0.4, -0.2) is 27.4 Å². The highest BCUT2D eigenvalue weighted by Crippen LogP contribution is 2.34. The van der Waals surface area contributed by atoms with Gasteiger partial charge in [-0.05, 0) is 42.3 Å². The summed E-state index contributed by atoms with van der Waals surface area (Å²) in [5, 5.41) is 0. The molecule has 2 aromatic carbocycles. The minimum atomic E-state index is -4.81. The highest BCUT2D eigenvalue weighted by Gasteiger charge is 2.37. The summed E-state index contributed by atoms with van der Waals surface area (Å²) in [4.78, 5) is 12.7. The molecule has 1 heterocycles. The predicted molar refractivity (Wildman–Crippen MR) is 93.5 cm³/mol. The standard InChI is InChI=1S/C18H16F4N2O3S/c19-13-5-7-14(8-6-13)24-11-12(9-17(24)25)10-23-28(26,27)16-4-2-1-3-15(16)18(20,21)22/h1-8,12,23H,9-11H2/t12-/m0/s1. The summed E-state index contributed by atoms with van der Waals surface area (Å²) in [6.07, 6.45) is -4.78. The lowest BCUT2D eigenvalue weighted by Gasteiger charge is -2.17. The van der Waals surface area contributed by atoms with Crippen LogP contribution in [0.25, 0.3) is 0 Å². The molecule has 28 heavy (non-hydrogen) atoms. The van der Waals surface area contributed by atoms with Gasteiger partial charge >= 0.3 is 6.18 Å². The molecule has 1 amide bonds. The van der Waals surface area contributed by atoms with E-state index in [1.165, 1.54) is 35.2 Å². The first kappa shape index (κ1) is 20.3. The quantitative estimate of drug-likeness (QED) is 0.762. The lowest BCUT2D eigenvalue weighted by Crippen LogP contribution is -2.32. The van der Waals surface area contributed by atoms with Crippen molar-refractivity contribution in [2.24, 2.45) is 5.92 Å². The third-order valence-electron chi connectivity index (χ3n) is 4.39. The van der Waals surface area contributed by atoms with Gasteiger partial charge in [-0.15, -0.1) is 0 Å². The van der Waals surface area contributed by atoms with E-state index in [9.17, 15) is 30.8 Å². The van der Waals surface area contributed by atoms with Crippen LogP contribution >= 0.6 is 0 Å². The minimum absolute atomic E-state index is 0.0286. The smallest absolute Gasteiger partial charge is 0.312 e. The zero-order chi connectivity index (χ0) is 20.5. The Hall–Kier alpha value is -2.46. The van der Waals surface area contributed by atoms with Crippen molar-refractivity contribution < 1.29 is 30.8 Å². The summed E-state index contributed by atoms with van der Waals surface area (Å²) in [6.45, 7) is -0.0220.